The van der Waals surface area contributed by atoms with E-state index in [2.05, 4.69) is 65.8 Å². The van der Waals surface area contributed by atoms with Gasteiger partial charge in [0.25, 0.3) is 0 Å². The van der Waals surface area contributed by atoms with Crippen molar-refractivity contribution >= 4 is 28.7 Å². The summed E-state index contributed by atoms with van der Waals surface area (Å²) in [6, 6.07) is 17.2. The van der Waals surface area contributed by atoms with Crippen molar-refractivity contribution in [2.24, 2.45) is 0 Å². The van der Waals surface area contributed by atoms with Gasteiger partial charge in [-0.15, -0.1) is 0 Å². The number of aryl methyl sites for hydroxylation is 1. The molecule has 1 aliphatic rings. The van der Waals surface area contributed by atoms with Crippen LogP contribution >= 0.6 is 12.2 Å². The fourth-order valence-corrected chi connectivity index (χ4v) is 3.33. The Morgan fingerprint density at radius 3 is 2.25 bits per heavy atom. The summed E-state index contributed by atoms with van der Waals surface area (Å²) in [5.41, 5.74) is 4.82. The van der Waals surface area contributed by atoms with Crippen molar-refractivity contribution in [2.75, 3.05) is 23.3 Å². The molecule has 2 N–H and O–H groups in total. The Hall–Kier alpha value is -2.07. The number of hydrogen-bond acceptors (Lipinski definition) is 2. The van der Waals surface area contributed by atoms with E-state index in [1.54, 1.807) is 0 Å². The summed E-state index contributed by atoms with van der Waals surface area (Å²) in [4.78, 5) is 2.45. The van der Waals surface area contributed by atoms with Crippen molar-refractivity contribution in [2.45, 2.75) is 32.7 Å². The molecule has 1 aliphatic heterocycles. The lowest BCUT2D eigenvalue weighted by atomic mass is 10.1. The van der Waals surface area contributed by atoms with E-state index < -0.39 is 0 Å². The van der Waals surface area contributed by atoms with Crippen molar-refractivity contribution < 1.29 is 0 Å². The molecule has 126 valence electrons. The fourth-order valence-electron chi connectivity index (χ4n) is 3.03. The van der Waals surface area contributed by atoms with Crippen LogP contribution in [0.25, 0.3) is 0 Å². The third-order valence-corrected chi connectivity index (χ3v) is 4.74. The highest BCUT2D eigenvalue weighted by molar-refractivity contribution is 7.80. The van der Waals surface area contributed by atoms with Gasteiger partial charge in [0.05, 0.1) is 6.04 Å². The van der Waals surface area contributed by atoms with Crippen LogP contribution in [0.1, 0.15) is 36.9 Å². The first-order valence-electron chi connectivity index (χ1n) is 8.61. The van der Waals surface area contributed by atoms with Gasteiger partial charge in [-0.2, -0.15) is 0 Å². The first-order valence-corrected chi connectivity index (χ1v) is 9.02. The summed E-state index contributed by atoms with van der Waals surface area (Å²) in [5, 5.41) is 7.24. The lowest BCUT2D eigenvalue weighted by Gasteiger charge is -2.20. The van der Waals surface area contributed by atoms with Crippen molar-refractivity contribution in [1.82, 2.24) is 5.32 Å². The van der Waals surface area contributed by atoms with E-state index in [0.29, 0.717) is 5.11 Å². The number of thiocarbonyl (C=S) groups is 1. The molecule has 1 atom stereocenters. The monoisotopic (exact) mass is 339 g/mol. The average Bonchev–Trinajstić information content (AvgIpc) is 3.11. The van der Waals surface area contributed by atoms with Gasteiger partial charge in [0.2, 0.25) is 0 Å². The van der Waals surface area contributed by atoms with Crippen LogP contribution in [0.5, 0.6) is 0 Å². The summed E-state index contributed by atoms with van der Waals surface area (Å²) < 4.78 is 0. The van der Waals surface area contributed by atoms with Gasteiger partial charge in [0.15, 0.2) is 5.11 Å². The van der Waals surface area contributed by atoms with E-state index in [1.165, 1.54) is 42.7 Å². The molecule has 3 rings (SSSR count). The molecule has 4 heteroatoms. The predicted octanol–water partition coefficient (Wildman–Crippen LogP) is 4.64. The Kier molecular flexibility index (Phi) is 5.36. The lowest BCUT2D eigenvalue weighted by Crippen LogP contribution is -2.30. The third kappa shape index (κ3) is 4.26. The van der Waals surface area contributed by atoms with Gasteiger partial charge in [-0.1, -0.05) is 29.8 Å². The molecule has 0 spiro atoms. The number of hydrogen-bond donors (Lipinski definition) is 2. The minimum absolute atomic E-state index is 0.170. The van der Waals surface area contributed by atoms with Crippen LogP contribution in [-0.2, 0) is 0 Å². The number of benzene rings is 2. The Morgan fingerprint density at radius 2 is 1.62 bits per heavy atom. The van der Waals surface area contributed by atoms with Crippen LogP contribution in [-0.4, -0.2) is 18.2 Å². The van der Waals surface area contributed by atoms with Crippen LogP contribution in [0.2, 0.25) is 0 Å². The van der Waals surface area contributed by atoms with E-state index >= 15 is 0 Å². The summed E-state index contributed by atoms with van der Waals surface area (Å²) in [6.07, 6.45) is 2.61. The van der Waals surface area contributed by atoms with Gasteiger partial charge < -0.3 is 15.5 Å². The van der Waals surface area contributed by atoms with E-state index in [9.17, 15) is 0 Å². The molecule has 1 saturated heterocycles. The van der Waals surface area contributed by atoms with Crippen molar-refractivity contribution in [3.63, 3.8) is 0 Å². The molecule has 0 radical (unpaired) electrons. The highest BCUT2D eigenvalue weighted by atomic mass is 32.1. The molecule has 0 aromatic heterocycles. The smallest absolute Gasteiger partial charge is 0.171 e. The number of anilines is 2. The first kappa shape index (κ1) is 16.8. The molecule has 2 aromatic carbocycles. The Labute approximate surface area is 150 Å². The molecule has 24 heavy (non-hydrogen) atoms. The minimum Gasteiger partial charge on any atom is -0.372 e. The highest BCUT2D eigenvalue weighted by Crippen LogP contribution is 2.22. The summed E-state index contributed by atoms with van der Waals surface area (Å²) in [6.45, 7) is 6.57. The van der Waals surface area contributed by atoms with Gasteiger partial charge in [-0.05, 0) is 68.7 Å². The molecule has 0 unspecified atom stereocenters. The zero-order valence-electron chi connectivity index (χ0n) is 14.4. The number of nitrogens with zero attached hydrogens (tertiary/aromatic N) is 1. The fraction of sp³-hybridized carbons (Fsp3) is 0.350. The predicted molar refractivity (Wildman–Crippen MR) is 107 cm³/mol. The summed E-state index contributed by atoms with van der Waals surface area (Å²) >= 11 is 5.43. The quantitative estimate of drug-likeness (QED) is 0.793. The molecule has 1 heterocycles. The van der Waals surface area contributed by atoms with Crippen molar-refractivity contribution in [1.29, 1.82) is 0 Å². The molecule has 0 aliphatic carbocycles. The Balaban J connectivity index is 1.56. The van der Waals surface area contributed by atoms with Crippen LogP contribution in [0.15, 0.2) is 48.5 Å². The normalized spacial score (nSPS) is 15.2. The zero-order valence-corrected chi connectivity index (χ0v) is 15.2. The van der Waals surface area contributed by atoms with Crippen LogP contribution in [0.3, 0.4) is 0 Å². The largest absolute Gasteiger partial charge is 0.372 e. The summed E-state index contributed by atoms with van der Waals surface area (Å²) in [7, 11) is 0. The molecule has 0 amide bonds. The third-order valence-electron chi connectivity index (χ3n) is 4.52. The van der Waals surface area contributed by atoms with Crippen molar-refractivity contribution in [3.8, 4) is 0 Å². The standard InChI is InChI=1S/C20H25N3S/c1-15-5-9-18(10-6-15)22-20(24)21-16(2)17-7-11-19(12-8-17)23-13-3-4-14-23/h5-12,16H,3-4,13-14H2,1-2H3,(H2,21,22,24)/t16-/m0/s1. The maximum atomic E-state index is 5.43. The minimum atomic E-state index is 0.170. The van der Waals surface area contributed by atoms with E-state index in [-0.39, 0.29) is 6.04 Å². The summed E-state index contributed by atoms with van der Waals surface area (Å²) in [5.74, 6) is 0. The van der Waals surface area contributed by atoms with Gasteiger partial charge in [0.1, 0.15) is 0 Å². The first-order chi connectivity index (χ1) is 11.6. The average molecular weight is 340 g/mol. The maximum absolute atomic E-state index is 5.43. The second-order valence-electron chi connectivity index (χ2n) is 6.47. The second kappa shape index (κ2) is 7.67. The molecule has 3 nitrogen and oxygen atoms in total. The molecular formula is C20H25N3S. The molecule has 1 fully saturated rings. The molecule has 2 aromatic rings. The van der Waals surface area contributed by atoms with Gasteiger partial charge in [0, 0.05) is 24.5 Å². The number of rotatable bonds is 4. The van der Waals surface area contributed by atoms with Gasteiger partial charge >= 0.3 is 0 Å². The van der Waals surface area contributed by atoms with Gasteiger partial charge in [-0.3, -0.25) is 0 Å². The van der Waals surface area contributed by atoms with E-state index in [4.69, 9.17) is 12.2 Å². The highest BCUT2D eigenvalue weighted by Gasteiger charge is 2.13. The SMILES string of the molecule is Cc1ccc(NC(=S)N[C@@H](C)c2ccc(N3CCCC3)cc2)cc1. The zero-order chi connectivity index (χ0) is 16.9. The van der Waals surface area contributed by atoms with Crippen LogP contribution < -0.4 is 15.5 Å². The van der Waals surface area contributed by atoms with E-state index in [1.807, 2.05) is 12.1 Å². The second-order valence-corrected chi connectivity index (χ2v) is 6.88. The van der Waals surface area contributed by atoms with Gasteiger partial charge in [-0.25, -0.2) is 0 Å². The van der Waals surface area contributed by atoms with Crippen molar-refractivity contribution in [3.05, 3.63) is 59.7 Å². The molecule has 0 saturated carbocycles. The van der Waals surface area contributed by atoms with Crippen LogP contribution in [0.4, 0.5) is 11.4 Å². The topological polar surface area (TPSA) is 27.3 Å². The Bertz CT molecular complexity index is 673. The molecule has 0 bridgehead atoms. The Morgan fingerprint density at radius 1 is 1.00 bits per heavy atom. The lowest BCUT2D eigenvalue weighted by molar-refractivity contribution is 0.722. The molecular weight excluding hydrogens is 314 g/mol. The maximum Gasteiger partial charge on any atom is 0.171 e. The van der Waals surface area contributed by atoms with E-state index in [0.717, 1.165) is 5.69 Å². The van der Waals surface area contributed by atoms with Crippen LogP contribution in [0, 0.1) is 6.92 Å². The number of nitrogens with one attached hydrogen (secondary N) is 2.